The Morgan fingerprint density at radius 3 is 2.11 bits per heavy atom. The van der Waals surface area contributed by atoms with Crippen LogP contribution in [0.5, 0.6) is 0 Å². The van der Waals surface area contributed by atoms with Gasteiger partial charge in [-0.25, -0.2) is 15.2 Å². The number of hydrogen-bond acceptors (Lipinski definition) is 6. The second-order valence-electron chi connectivity index (χ2n) is 9.14. The third kappa shape index (κ3) is 6.89. The summed E-state index contributed by atoms with van der Waals surface area (Å²) in [6.45, 7) is 3.57. The van der Waals surface area contributed by atoms with Crippen LogP contribution < -0.4 is 10.9 Å². The van der Waals surface area contributed by atoms with Gasteiger partial charge in [-0.1, -0.05) is 86.7 Å². The highest BCUT2D eigenvalue weighted by Gasteiger charge is 2.47. The minimum atomic E-state index is -1.19. The monoisotopic (exact) mass is 506 g/mol. The van der Waals surface area contributed by atoms with E-state index in [9.17, 15) is 29.2 Å². The maximum atomic E-state index is 13.3. The van der Waals surface area contributed by atoms with E-state index in [-0.39, 0.29) is 25.3 Å². The Hall–Kier alpha value is -4.31. The van der Waals surface area contributed by atoms with Crippen molar-refractivity contribution in [3.05, 3.63) is 77.9 Å². The Labute approximate surface area is 214 Å². The molecule has 1 aliphatic rings. The summed E-state index contributed by atoms with van der Waals surface area (Å²) in [6.07, 6.45) is 3.83. The van der Waals surface area contributed by atoms with Crippen LogP contribution in [0.3, 0.4) is 0 Å². The molecule has 37 heavy (non-hydrogen) atoms. The first-order valence-corrected chi connectivity index (χ1v) is 11.9. The molecule has 0 spiro atoms. The predicted octanol–water partition coefficient (Wildman–Crippen LogP) is 2.90. The maximum absolute atomic E-state index is 13.3. The molecule has 10 nitrogen and oxygen atoms in total. The van der Waals surface area contributed by atoms with Gasteiger partial charge in [0, 0.05) is 0 Å². The number of benzene rings is 2. The Kier molecular flexibility index (Phi) is 9.28. The van der Waals surface area contributed by atoms with Crippen molar-refractivity contribution in [2.75, 3.05) is 0 Å². The van der Waals surface area contributed by atoms with E-state index < -0.39 is 41.5 Å². The molecule has 2 aromatic rings. The molecule has 6 amide bonds. The lowest BCUT2D eigenvalue weighted by Crippen LogP contribution is -2.51. The molecule has 3 rings (SSSR count). The van der Waals surface area contributed by atoms with E-state index >= 15 is 0 Å². The number of hydrazine groups is 1. The highest BCUT2D eigenvalue weighted by molar-refractivity contribution is 6.44. The molecular formula is C27H30N4O6. The van der Waals surface area contributed by atoms with Gasteiger partial charge in [-0.2, -0.15) is 5.01 Å². The number of hydrogen-bond donors (Lipinski definition) is 3. The first-order chi connectivity index (χ1) is 17.7. The molecule has 0 radical (unpaired) electrons. The van der Waals surface area contributed by atoms with Gasteiger partial charge in [0.05, 0.1) is 18.4 Å². The Morgan fingerprint density at radius 2 is 1.51 bits per heavy atom. The van der Waals surface area contributed by atoms with Gasteiger partial charge in [0.1, 0.15) is 0 Å². The molecule has 0 aromatic heterocycles. The zero-order chi connectivity index (χ0) is 26.9. The summed E-state index contributed by atoms with van der Waals surface area (Å²) >= 11 is 0. The third-order valence-corrected chi connectivity index (χ3v) is 5.95. The zero-order valence-corrected chi connectivity index (χ0v) is 20.7. The molecule has 1 heterocycles. The average Bonchev–Trinajstić information content (AvgIpc) is 3.09. The minimum Gasteiger partial charge on any atom is -0.289 e. The molecule has 1 fully saturated rings. The SMILES string of the molecule is CC(C)C[C@@H](C(=O)NN1C(=O)C(=O)N(Cc2ccccc2)C1=O)[C@H](C/C=C/c1ccccc1)C(=O)NO. The number of imide groups is 2. The molecule has 0 aliphatic carbocycles. The molecule has 194 valence electrons. The molecule has 1 aliphatic heterocycles. The van der Waals surface area contributed by atoms with Crippen LogP contribution in [-0.2, 0) is 25.7 Å². The standard InChI is InChI=1S/C27H30N4O6/c1-18(2)16-22(21(24(33)29-37)15-9-14-19-10-5-3-6-11-19)23(32)28-31-26(35)25(34)30(27(31)36)17-20-12-7-4-8-13-20/h3-14,18,21-22,37H,15-17H2,1-2H3,(H,28,32)(H,29,33)/b14-9+/t21-,22+/m0/s1. The van der Waals surface area contributed by atoms with E-state index in [1.807, 2.05) is 44.2 Å². The number of hydroxylamine groups is 1. The number of carbonyl (C=O) groups excluding carboxylic acids is 5. The van der Waals surface area contributed by atoms with Crippen molar-refractivity contribution in [3.8, 4) is 0 Å². The smallest absolute Gasteiger partial charge is 0.289 e. The van der Waals surface area contributed by atoms with Gasteiger partial charge in [-0.05, 0) is 29.9 Å². The van der Waals surface area contributed by atoms with E-state index in [2.05, 4.69) is 5.43 Å². The third-order valence-electron chi connectivity index (χ3n) is 5.95. The van der Waals surface area contributed by atoms with Crippen molar-refractivity contribution in [3.63, 3.8) is 0 Å². The lowest BCUT2D eigenvalue weighted by Gasteiger charge is -2.27. The van der Waals surface area contributed by atoms with Crippen molar-refractivity contribution < 1.29 is 29.2 Å². The van der Waals surface area contributed by atoms with Gasteiger partial charge in [0.2, 0.25) is 11.8 Å². The zero-order valence-electron chi connectivity index (χ0n) is 20.7. The van der Waals surface area contributed by atoms with Gasteiger partial charge in [0.15, 0.2) is 0 Å². The quantitative estimate of drug-likeness (QED) is 0.186. The highest BCUT2D eigenvalue weighted by Crippen LogP contribution is 2.26. The lowest BCUT2D eigenvalue weighted by molar-refractivity contribution is -0.148. The summed E-state index contributed by atoms with van der Waals surface area (Å²) < 4.78 is 0. The van der Waals surface area contributed by atoms with Gasteiger partial charge < -0.3 is 0 Å². The summed E-state index contributed by atoms with van der Waals surface area (Å²) in [5, 5.41) is 9.72. The number of amides is 6. The Bertz CT molecular complexity index is 1170. The van der Waals surface area contributed by atoms with Crippen LogP contribution in [0.25, 0.3) is 6.08 Å². The fraction of sp³-hybridized carbons (Fsp3) is 0.296. The summed E-state index contributed by atoms with van der Waals surface area (Å²) in [5.41, 5.74) is 5.38. The van der Waals surface area contributed by atoms with Gasteiger partial charge in [-0.3, -0.25) is 29.8 Å². The van der Waals surface area contributed by atoms with E-state index in [1.54, 1.807) is 48.0 Å². The van der Waals surface area contributed by atoms with Crippen molar-refractivity contribution >= 4 is 35.7 Å². The molecule has 3 N–H and O–H groups in total. The van der Waals surface area contributed by atoms with Crippen LogP contribution in [0.2, 0.25) is 0 Å². The summed E-state index contributed by atoms with van der Waals surface area (Å²) in [6, 6.07) is 17.0. The molecule has 2 aromatic carbocycles. The largest absolute Gasteiger partial charge is 0.353 e. The normalized spacial score (nSPS) is 15.4. The fourth-order valence-electron chi connectivity index (χ4n) is 4.12. The first-order valence-electron chi connectivity index (χ1n) is 11.9. The lowest BCUT2D eigenvalue weighted by atomic mass is 9.82. The number of urea groups is 1. The van der Waals surface area contributed by atoms with E-state index in [0.29, 0.717) is 10.6 Å². The Morgan fingerprint density at radius 1 is 0.892 bits per heavy atom. The highest BCUT2D eigenvalue weighted by atomic mass is 16.5. The molecule has 0 unspecified atom stereocenters. The van der Waals surface area contributed by atoms with Gasteiger partial charge in [-0.15, -0.1) is 0 Å². The number of nitrogens with one attached hydrogen (secondary N) is 2. The molecule has 10 heteroatoms. The second kappa shape index (κ2) is 12.6. The second-order valence-corrected chi connectivity index (χ2v) is 9.14. The minimum absolute atomic E-state index is 0.0379. The molecule has 0 saturated carbocycles. The van der Waals surface area contributed by atoms with Gasteiger partial charge in [0.25, 0.3) is 0 Å². The van der Waals surface area contributed by atoms with Crippen molar-refractivity contribution in [1.82, 2.24) is 20.8 Å². The number of rotatable bonds is 11. The summed E-state index contributed by atoms with van der Waals surface area (Å²) in [4.78, 5) is 64.5. The van der Waals surface area contributed by atoms with E-state index in [0.717, 1.165) is 10.5 Å². The van der Waals surface area contributed by atoms with E-state index in [1.165, 1.54) is 0 Å². The van der Waals surface area contributed by atoms with Gasteiger partial charge >= 0.3 is 17.8 Å². The van der Waals surface area contributed by atoms with Crippen molar-refractivity contribution in [2.24, 2.45) is 17.8 Å². The topological polar surface area (TPSA) is 136 Å². The van der Waals surface area contributed by atoms with E-state index in [4.69, 9.17) is 0 Å². The van der Waals surface area contributed by atoms with Crippen LogP contribution >= 0.6 is 0 Å². The first kappa shape index (κ1) is 27.3. The predicted molar refractivity (Wildman–Crippen MR) is 134 cm³/mol. The van der Waals surface area contributed by atoms with Crippen molar-refractivity contribution in [2.45, 2.75) is 33.2 Å². The molecular weight excluding hydrogens is 476 g/mol. The van der Waals surface area contributed by atoms with Crippen LogP contribution in [0.4, 0.5) is 4.79 Å². The fourth-order valence-corrected chi connectivity index (χ4v) is 4.12. The average molecular weight is 507 g/mol. The maximum Gasteiger partial charge on any atom is 0.353 e. The Balaban J connectivity index is 1.79. The number of allylic oxidation sites excluding steroid dienone is 1. The van der Waals surface area contributed by atoms with Crippen LogP contribution in [0.15, 0.2) is 66.7 Å². The summed E-state index contributed by atoms with van der Waals surface area (Å²) in [7, 11) is 0. The number of nitrogens with zero attached hydrogens (tertiary/aromatic N) is 2. The van der Waals surface area contributed by atoms with Crippen LogP contribution in [0.1, 0.15) is 37.8 Å². The molecule has 0 bridgehead atoms. The molecule has 1 saturated heterocycles. The van der Waals surface area contributed by atoms with Crippen LogP contribution in [-0.4, -0.2) is 44.8 Å². The molecule has 2 atom stereocenters. The number of carbonyl (C=O) groups is 5. The summed E-state index contributed by atoms with van der Waals surface area (Å²) in [5.74, 6) is -5.87. The van der Waals surface area contributed by atoms with Crippen molar-refractivity contribution in [1.29, 1.82) is 0 Å². The van der Waals surface area contributed by atoms with Crippen LogP contribution in [0, 0.1) is 17.8 Å².